The van der Waals surface area contributed by atoms with E-state index in [1.807, 2.05) is 0 Å². The molecule has 0 aromatic heterocycles. The third kappa shape index (κ3) is 3.57. The molecule has 1 rings (SSSR count). The first-order valence-electron chi connectivity index (χ1n) is 4.06. The van der Waals surface area contributed by atoms with Crippen LogP contribution in [-0.4, -0.2) is 17.7 Å². The first-order chi connectivity index (χ1) is 7.15. The van der Waals surface area contributed by atoms with Crippen molar-refractivity contribution < 1.29 is 14.6 Å². The molecular formula is C10H8BrClO3. The van der Waals surface area contributed by atoms with E-state index in [1.54, 1.807) is 18.2 Å². The summed E-state index contributed by atoms with van der Waals surface area (Å²) in [6.07, 6.45) is 1.58. The highest BCUT2D eigenvalue weighted by molar-refractivity contribution is 9.10. The van der Waals surface area contributed by atoms with E-state index in [9.17, 15) is 4.79 Å². The van der Waals surface area contributed by atoms with Crippen LogP contribution in [0.15, 0.2) is 34.3 Å². The summed E-state index contributed by atoms with van der Waals surface area (Å²) in [4.78, 5) is 10.9. The van der Waals surface area contributed by atoms with E-state index in [-0.39, 0.29) is 12.2 Å². The van der Waals surface area contributed by atoms with E-state index in [0.717, 1.165) is 0 Å². The maximum absolute atomic E-state index is 10.9. The summed E-state index contributed by atoms with van der Waals surface area (Å²) >= 11 is 8.50. The molecule has 1 aromatic rings. The van der Waals surface area contributed by atoms with Crippen molar-refractivity contribution in [2.45, 2.75) is 0 Å². The Bertz CT molecular complexity index is 390. The summed E-state index contributed by atoms with van der Waals surface area (Å²) in [7, 11) is 0. The van der Waals surface area contributed by atoms with E-state index in [0.29, 0.717) is 10.2 Å². The number of ether oxygens (including phenoxy) is 1. The Balaban J connectivity index is 2.90. The quantitative estimate of drug-likeness (QED) is 0.926. The van der Waals surface area contributed by atoms with Crippen LogP contribution in [0.4, 0.5) is 0 Å². The fourth-order valence-corrected chi connectivity index (χ4v) is 1.40. The molecule has 80 valence electrons. The molecule has 0 spiro atoms. The summed E-state index contributed by atoms with van der Waals surface area (Å²) in [5, 5.41) is 8.90. The zero-order valence-corrected chi connectivity index (χ0v) is 9.96. The summed E-state index contributed by atoms with van der Waals surface area (Å²) in [5.41, 5.74) is 1.44. The summed E-state index contributed by atoms with van der Waals surface area (Å²) < 4.78 is 5.92. The molecule has 0 unspecified atom stereocenters. The predicted molar refractivity (Wildman–Crippen MR) is 61.6 cm³/mol. The Kier molecular flexibility index (Phi) is 4.65. The zero-order chi connectivity index (χ0) is 11.3. The van der Waals surface area contributed by atoms with Crippen LogP contribution in [0.25, 0.3) is 0 Å². The van der Waals surface area contributed by atoms with Gasteiger partial charge < -0.3 is 9.84 Å². The second-order valence-electron chi connectivity index (χ2n) is 2.62. The maximum Gasteiger partial charge on any atom is 0.339 e. The lowest BCUT2D eigenvalue weighted by Gasteiger charge is -2.06. The van der Waals surface area contributed by atoms with Crippen molar-refractivity contribution in [1.82, 2.24) is 0 Å². The molecule has 15 heavy (non-hydrogen) atoms. The van der Waals surface area contributed by atoms with Crippen LogP contribution in [0.3, 0.4) is 0 Å². The topological polar surface area (TPSA) is 46.5 Å². The number of halogens is 2. The maximum atomic E-state index is 10.9. The van der Waals surface area contributed by atoms with Crippen molar-refractivity contribution in [1.29, 1.82) is 0 Å². The fourth-order valence-electron chi connectivity index (χ4n) is 0.969. The monoisotopic (exact) mass is 290 g/mol. The summed E-state index contributed by atoms with van der Waals surface area (Å²) in [6, 6.07) is 4.80. The standard InChI is InChI=1S/C10H8BrClO3/c11-7-2-3-9(15-5-1-4-12)8(6-7)10(13)14/h1-4,6H,5H2,(H,13,14)/b4-1+. The van der Waals surface area contributed by atoms with Crippen LogP contribution in [0.5, 0.6) is 5.75 Å². The number of rotatable bonds is 4. The van der Waals surface area contributed by atoms with Gasteiger partial charge in [-0.2, -0.15) is 0 Å². The van der Waals surface area contributed by atoms with Crippen molar-refractivity contribution in [2.24, 2.45) is 0 Å². The molecule has 0 radical (unpaired) electrons. The lowest BCUT2D eigenvalue weighted by molar-refractivity contribution is 0.0692. The minimum atomic E-state index is -1.03. The first kappa shape index (κ1) is 12.1. The molecule has 0 aliphatic carbocycles. The highest BCUT2D eigenvalue weighted by atomic mass is 79.9. The Morgan fingerprint density at radius 2 is 2.33 bits per heavy atom. The van der Waals surface area contributed by atoms with Gasteiger partial charge in [0.1, 0.15) is 17.9 Å². The average molecular weight is 292 g/mol. The van der Waals surface area contributed by atoms with Gasteiger partial charge in [-0.05, 0) is 24.3 Å². The van der Waals surface area contributed by atoms with Gasteiger partial charge >= 0.3 is 5.97 Å². The number of carbonyl (C=O) groups is 1. The highest BCUT2D eigenvalue weighted by Crippen LogP contribution is 2.23. The van der Waals surface area contributed by atoms with Gasteiger partial charge in [0.25, 0.3) is 0 Å². The van der Waals surface area contributed by atoms with Gasteiger partial charge in [0.2, 0.25) is 0 Å². The molecule has 0 amide bonds. The molecule has 0 saturated carbocycles. The van der Waals surface area contributed by atoms with Gasteiger partial charge in [0.05, 0.1) is 0 Å². The third-order valence-corrected chi connectivity index (χ3v) is 2.27. The summed E-state index contributed by atoms with van der Waals surface area (Å²) in [5.74, 6) is -0.707. The van der Waals surface area contributed by atoms with E-state index in [1.165, 1.54) is 11.6 Å². The van der Waals surface area contributed by atoms with Crippen LogP contribution in [-0.2, 0) is 0 Å². The lowest BCUT2D eigenvalue weighted by Crippen LogP contribution is -2.03. The molecule has 0 fully saturated rings. The number of hydrogen-bond donors (Lipinski definition) is 1. The average Bonchev–Trinajstić information content (AvgIpc) is 2.20. The Labute approximate surface area is 100 Å². The molecule has 0 aliphatic heterocycles. The van der Waals surface area contributed by atoms with E-state index in [4.69, 9.17) is 21.4 Å². The second-order valence-corrected chi connectivity index (χ2v) is 3.79. The predicted octanol–water partition coefficient (Wildman–Crippen LogP) is 3.28. The van der Waals surface area contributed by atoms with E-state index < -0.39 is 5.97 Å². The molecule has 1 aromatic carbocycles. The van der Waals surface area contributed by atoms with Crippen molar-refractivity contribution in [3.8, 4) is 5.75 Å². The minimum Gasteiger partial charge on any atom is -0.489 e. The zero-order valence-electron chi connectivity index (χ0n) is 7.61. The lowest BCUT2D eigenvalue weighted by atomic mass is 10.2. The molecule has 1 N–H and O–H groups in total. The van der Waals surface area contributed by atoms with Gasteiger partial charge in [-0.25, -0.2) is 4.79 Å². The SMILES string of the molecule is O=C(O)c1cc(Br)ccc1OC/C=C/Cl. The molecular weight excluding hydrogens is 283 g/mol. The normalized spacial score (nSPS) is 10.5. The molecule has 0 saturated heterocycles. The largest absolute Gasteiger partial charge is 0.489 e. The molecule has 0 bridgehead atoms. The van der Waals surface area contributed by atoms with Crippen molar-refractivity contribution in [2.75, 3.05) is 6.61 Å². The number of hydrogen-bond acceptors (Lipinski definition) is 2. The molecule has 0 heterocycles. The van der Waals surface area contributed by atoms with Crippen LogP contribution in [0.2, 0.25) is 0 Å². The number of carboxylic acid groups (broad SMARTS) is 1. The third-order valence-electron chi connectivity index (χ3n) is 1.60. The smallest absolute Gasteiger partial charge is 0.339 e. The van der Waals surface area contributed by atoms with Crippen LogP contribution in [0, 0.1) is 0 Å². The van der Waals surface area contributed by atoms with Crippen LogP contribution in [0.1, 0.15) is 10.4 Å². The fraction of sp³-hybridized carbons (Fsp3) is 0.100. The Morgan fingerprint density at radius 3 is 2.93 bits per heavy atom. The molecule has 5 heteroatoms. The summed E-state index contributed by atoms with van der Waals surface area (Å²) in [6.45, 7) is 0.241. The first-order valence-corrected chi connectivity index (χ1v) is 5.29. The van der Waals surface area contributed by atoms with Crippen LogP contribution < -0.4 is 4.74 Å². The van der Waals surface area contributed by atoms with Gasteiger partial charge in [0, 0.05) is 10.0 Å². The molecule has 0 aliphatic rings. The van der Waals surface area contributed by atoms with Crippen LogP contribution >= 0.6 is 27.5 Å². The van der Waals surface area contributed by atoms with Gasteiger partial charge in [-0.1, -0.05) is 27.5 Å². The van der Waals surface area contributed by atoms with E-state index >= 15 is 0 Å². The van der Waals surface area contributed by atoms with Gasteiger partial charge in [0.15, 0.2) is 0 Å². The van der Waals surface area contributed by atoms with Gasteiger partial charge in [-0.15, -0.1) is 0 Å². The Morgan fingerprint density at radius 1 is 1.60 bits per heavy atom. The van der Waals surface area contributed by atoms with Crippen molar-refractivity contribution in [3.05, 3.63) is 39.8 Å². The van der Waals surface area contributed by atoms with Crippen molar-refractivity contribution in [3.63, 3.8) is 0 Å². The number of carboxylic acids is 1. The van der Waals surface area contributed by atoms with Gasteiger partial charge in [-0.3, -0.25) is 0 Å². The number of benzene rings is 1. The molecule has 3 nitrogen and oxygen atoms in total. The minimum absolute atomic E-state index is 0.118. The Hall–Kier alpha value is -1.00. The van der Waals surface area contributed by atoms with Crippen molar-refractivity contribution >= 4 is 33.5 Å². The highest BCUT2D eigenvalue weighted by Gasteiger charge is 2.11. The number of aromatic carboxylic acids is 1. The van der Waals surface area contributed by atoms with E-state index in [2.05, 4.69) is 15.9 Å². The molecule has 0 atom stereocenters. The second kappa shape index (κ2) is 5.78.